The number of hydrogen-bond acceptors (Lipinski definition) is 4. The highest BCUT2D eigenvalue weighted by Gasteiger charge is 2.19. The van der Waals surface area contributed by atoms with Gasteiger partial charge in [0.25, 0.3) is 0 Å². The van der Waals surface area contributed by atoms with E-state index in [9.17, 15) is 10.1 Å². The molecule has 0 radical (unpaired) electrons. The van der Waals surface area contributed by atoms with Crippen LogP contribution in [-0.2, 0) is 6.42 Å². The Morgan fingerprint density at radius 2 is 2.38 bits per heavy atom. The van der Waals surface area contributed by atoms with Crippen molar-refractivity contribution in [2.45, 2.75) is 6.42 Å². The van der Waals surface area contributed by atoms with E-state index < -0.39 is 4.92 Å². The monoisotopic (exact) mass is 177 g/mol. The van der Waals surface area contributed by atoms with Crippen LogP contribution in [0.4, 0.5) is 11.4 Å². The fourth-order valence-corrected chi connectivity index (χ4v) is 1.35. The van der Waals surface area contributed by atoms with Crippen LogP contribution in [0.1, 0.15) is 11.3 Å². The number of nitrogens with zero attached hydrogens (tertiary/aromatic N) is 2. The van der Waals surface area contributed by atoms with Crippen molar-refractivity contribution in [3.8, 4) is 0 Å². The summed E-state index contributed by atoms with van der Waals surface area (Å²) in [5, 5.41) is 10.5. The zero-order valence-electron chi connectivity index (χ0n) is 6.73. The Morgan fingerprint density at radius 1 is 1.62 bits per heavy atom. The Kier molecular flexibility index (Phi) is 1.51. The molecule has 0 aliphatic heterocycles. The molecule has 1 heterocycles. The molecule has 0 saturated carbocycles. The molecule has 2 rings (SSSR count). The third kappa shape index (κ3) is 1.05. The molecule has 0 atom stereocenters. The van der Waals surface area contributed by atoms with Crippen molar-refractivity contribution in [1.82, 2.24) is 4.98 Å². The number of hydrogen-bond donors (Lipinski definition) is 1. The van der Waals surface area contributed by atoms with Crippen LogP contribution in [0.25, 0.3) is 6.08 Å². The van der Waals surface area contributed by atoms with Crippen LogP contribution >= 0.6 is 0 Å². The number of fused-ring (bicyclic) bond motifs is 1. The van der Waals surface area contributed by atoms with Crippen LogP contribution in [0.2, 0.25) is 0 Å². The Balaban J connectivity index is 2.64. The van der Waals surface area contributed by atoms with Crippen molar-refractivity contribution in [1.29, 1.82) is 0 Å². The van der Waals surface area contributed by atoms with Crippen molar-refractivity contribution in [3.05, 3.63) is 33.6 Å². The Hall–Kier alpha value is -1.91. The van der Waals surface area contributed by atoms with E-state index in [-0.39, 0.29) is 11.4 Å². The molecular formula is C8H7N3O2. The minimum atomic E-state index is -0.519. The molecule has 0 fully saturated rings. The first-order valence-corrected chi connectivity index (χ1v) is 3.78. The van der Waals surface area contributed by atoms with Crippen molar-refractivity contribution < 1.29 is 4.92 Å². The Labute approximate surface area is 74.0 Å². The smallest absolute Gasteiger partial charge is 0.310 e. The fraction of sp³-hybridized carbons (Fsp3) is 0.125. The summed E-state index contributed by atoms with van der Waals surface area (Å²) in [7, 11) is 0. The third-order valence-corrected chi connectivity index (χ3v) is 2.01. The number of allylic oxidation sites excluding steroid dienone is 1. The lowest BCUT2D eigenvalue weighted by atomic mass is 10.2. The van der Waals surface area contributed by atoms with Crippen LogP contribution in [0.15, 0.2) is 12.3 Å². The van der Waals surface area contributed by atoms with Crippen LogP contribution in [-0.4, -0.2) is 9.91 Å². The predicted molar refractivity (Wildman–Crippen MR) is 48.0 cm³/mol. The number of anilines is 1. The SMILES string of the molecule is Nc1c([N+](=O)[O-])cnc2c1C=CC2. The van der Waals surface area contributed by atoms with Gasteiger partial charge in [-0.05, 0) is 0 Å². The van der Waals surface area contributed by atoms with Crippen molar-refractivity contribution in [2.75, 3.05) is 5.73 Å². The first kappa shape index (κ1) is 7.72. The summed E-state index contributed by atoms with van der Waals surface area (Å²) in [6.45, 7) is 0. The standard InChI is InChI=1S/C8H7N3O2/c9-8-5-2-1-3-6(5)10-4-7(8)11(12)13/h1-2,4H,3H2,(H2,9,10). The lowest BCUT2D eigenvalue weighted by Gasteiger charge is -2.01. The molecule has 2 N–H and O–H groups in total. The average molecular weight is 177 g/mol. The van der Waals surface area contributed by atoms with Crippen molar-refractivity contribution in [2.24, 2.45) is 0 Å². The van der Waals surface area contributed by atoms with E-state index in [2.05, 4.69) is 4.98 Å². The molecule has 13 heavy (non-hydrogen) atoms. The topological polar surface area (TPSA) is 82.0 Å². The number of nitrogens with two attached hydrogens (primary N) is 1. The first-order valence-electron chi connectivity index (χ1n) is 3.78. The largest absolute Gasteiger partial charge is 0.393 e. The Bertz CT molecular complexity index is 412. The van der Waals surface area contributed by atoms with Crippen LogP contribution in [0.3, 0.4) is 0 Å². The third-order valence-electron chi connectivity index (χ3n) is 2.01. The lowest BCUT2D eigenvalue weighted by molar-refractivity contribution is -0.384. The fourth-order valence-electron chi connectivity index (χ4n) is 1.35. The van der Waals surface area contributed by atoms with Crippen LogP contribution in [0, 0.1) is 10.1 Å². The van der Waals surface area contributed by atoms with Gasteiger partial charge in [0.15, 0.2) is 0 Å². The number of aromatic nitrogens is 1. The summed E-state index contributed by atoms with van der Waals surface area (Å²) in [6.07, 6.45) is 5.57. The van der Waals surface area contributed by atoms with Gasteiger partial charge in [-0.15, -0.1) is 0 Å². The van der Waals surface area contributed by atoms with Crippen LogP contribution in [0.5, 0.6) is 0 Å². The van der Waals surface area contributed by atoms with E-state index in [1.807, 2.05) is 6.08 Å². The lowest BCUT2D eigenvalue weighted by Crippen LogP contribution is -2.01. The second-order valence-electron chi connectivity index (χ2n) is 2.78. The molecule has 1 aliphatic carbocycles. The highest BCUT2D eigenvalue weighted by atomic mass is 16.6. The zero-order chi connectivity index (χ0) is 9.42. The minimum absolute atomic E-state index is 0.120. The molecule has 5 heteroatoms. The summed E-state index contributed by atoms with van der Waals surface area (Å²) in [5.74, 6) is 0. The van der Waals surface area contributed by atoms with Gasteiger partial charge in [0.2, 0.25) is 0 Å². The van der Waals surface area contributed by atoms with E-state index in [0.29, 0.717) is 12.0 Å². The van der Waals surface area contributed by atoms with E-state index >= 15 is 0 Å². The van der Waals surface area contributed by atoms with E-state index in [1.165, 1.54) is 6.20 Å². The van der Waals surface area contributed by atoms with Gasteiger partial charge in [-0.2, -0.15) is 0 Å². The van der Waals surface area contributed by atoms with Gasteiger partial charge >= 0.3 is 5.69 Å². The van der Waals surface area contributed by atoms with Gasteiger partial charge in [0, 0.05) is 12.0 Å². The maximum absolute atomic E-state index is 10.5. The van der Waals surface area contributed by atoms with Gasteiger partial charge in [0.1, 0.15) is 11.9 Å². The molecule has 0 amide bonds. The highest BCUT2D eigenvalue weighted by molar-refractivity contribution is 5.76. The number of pyridine rings is 1. The average Bonchev–Trinajstić information content (AvgIpc) is 2.52. The maximum Gasteiger partial charge on any atom is 0.310 e. The predicted octanol–water partition coefficient (Wildman–Crippen LogP) is 1.14. The summed E-state index contributed by atoms with van der Waals surface area (Å²) < 4.78 is 0. The first-order chi connectivity index (χ1) is 6.20. The normalized spacial score (nSPS) is 12.9. The zero-order valence-corrected chi connectivity index (χ0v) is 6.73. The Morgan fingerprint density at radius 3 is 3.08 bits per heavy atom. The molecule has 0 aromatic carbocycles. The molecule has 5 nitrogen and oxygen atoms in total. The maximum atomic E-state index is 10.5. The molecular weight excluding hydrogens is 170 g/mol. The quantitative estimate of drug-likeness (QED) is 0.515. The number of rotatable bonds is 1. The van der Waals surface area contributed by atoms with Gasteiger partial charge in [-0.1, -0.05) is 12.2 Å². The minimum Gasteiger partial charge on any atom is -0.393 e. The highest BCUT2D eigenvalue weighted by Crippen LogP contribution is 2.30. The molecule has 0 unspecified atom stereocenters. The summed E-state index contributed by atoms with van der Waals surface area (Å²) >= 11 is 0. The molecule has 66 valence electrons. The summed E-state index contributed by atoms with van der Waals surface area (Å²) in [5.41, 5.74) is 7.19. The molecule has 0 saturated heterocycles. The van der Waals surface area contributed by atoms with Gasteiger partial charge in [-0.3, -0.25) is 15.1 Å². The second-order valence-corrected chi connectivity index (χ2v) is 2.78. The van der Waals surface area contributed by atoms with Crippen molar-refractivity contribution >= 4 is 17.5 Å². The van der Waals surface area contributed by atoms with Gasteiger partial charge in [-0.25, -0.2) is 0 Å². The molecule has 1 aromatic heterocycles. The molecule has 0 spiro atoms. The second kappa shape index (κ2) is 2.55. The van der Waals surface area contributed by atoms with E-state index in [0.717, 1.165) is 5.69 Å². The van der Waals surface area contributed by atoms with E-state index in [4.69, 9.17) is 5.73 Å². The van der Waals surface area contributed by atoms with Crippen molar-refractivity contribution in [3.63, 3.8) is 0 Å². The summed E-state index contributed by atoms with van der Waals surface area (Å²) in [4.78, 5) is 13.9. The molecule has 1 aliphatic rings. The number of nitro groups is 1. The van der Waals surface area contributed by atoms with Gasteiger partial charge < -0.3 is 5.73 Å². The summed E-state index contributed by atoms with van der Waals surface area (Å²) in [6, 6.07) is 0. The van der Waals surface area contributed by atoms with Gasteiger partial charge in [0.05, 0.1) is 10.6 Å². The van der Waals surface area contributed by atoms with Crippen LogP contribution < -0.4 is 5.73 Å². The number of nitrogen functional groups attached to an aromatic ring is 1. The molecule has 1 aromatic rings. The molecule has 0 bridgehead atoms. The van der Waals surface area contributed by atoms with E-state index in [1.54, 1.807) is 6.08 Å².